The third kappa shape index (κ3) is 14.5. The van der Waals surface area contributed by atoms with Gasteiger partial charge < -0.3 is 0 Å². The first-order chi connectivity index (χ1) is 7.91. The minimum atomic E-state index is 0.986. The summed E-state index contributed by atoms with van der Waals surface area (Å²) in [5.41, 5.74) is 0. The summed E-state index contributed by atoms with van der Waals surface area (Å²) in [6.07, 6.45) is 15.0. The average molecular weight is 352 g/mol. The fourth-order valence-electron chi connectivity index (χ4n) is 1.37. The molecule has 94 valence electrons. The van der Waals surface area contributed by atoms with E-state index >= 15 is 0 Å². The summed E-state index contributed by atoms with van der Waals surface area (Å²) < 4.78 is 0. The Morgan fingerprint density at radius 2 is 1.06 bits per heavy atom. The molecule has 0 bridgehead atoms. The van der Waals surface area contributed by atoms with Gasteiger partial charge in [-0.3, -0.25) is 0 Å². The van der Waals surface area contributed by atoms with Crippen molar-refractivity contribution >= 4 is 26.3 Å². The molecule has 0 spiro atoms. The molecule has 0 aromatic carbocycles. The van der Waals surface area contributed by atoms with Crippen LogP contribution < -0.4 is 0 Å². The Labute approximate surface area is 113 Å². The molecule has 16 heavy (non-hydrogen) atoms. The van der Waals surface area contributed by atoms with Crippen molar-refractivity contribution in [3.8, 4) is 0 Å². The molecule has 0 saturated heterocycles. The van der Waals surface area contributed by atoms with E-state index in [1.54, 1.807) is 0 Å². The first kappa shape index (κ1) is 16.5. The third-order valence-electron chi connectivity index (χ3n) is 2.36. The Morgan fingerprint density at radius 1 is 0.625 bits per heavy atom. The van der Waals surface area contributed by atoms with Crippen LogP contribution in [-0.2, 0) is 0 Å². The van der Waals surface area contributed by atoms with Crippen LogP contribution in [0.4, 0.5) is 0 Å². The van der Waals surface area contributed by atoms with Gasteiger partial charge in [0.1, 0.15) is 0 Å². The Morgan fingerprint density at radius 3 is 1.44 bits per heavy atom. The molecular formula is C14H26Se2. The Bertz CT molecular complexity index is 137. The second-order valence-electron chi connectivity index (χ2n) is 3.92. The predicted molar refractivity (Wildman–Crippen MR) is 78.5 cm³/mol. The van der Waals surface area contributed by atoms with E-state index in [9.17, 15) is 0 Å². The molecule has 0 N–H and O–H groups in total. The monoisotopic (exact) mass is 354 g/mol. The van der Waals surface area contributed by atoms with E-state index in [2.05, 4.69) is 13.2 Å². The van der Waals surface area contributed by atoms with Gasteiger partial charge in [0.25, 0.3) is 0 Å². The quantitative estimate of drug-likeness (QED) is 0.257. The van der Waals surface area contributed by atoms with Gasteiger partial charge in [0.05, 0.1) is 0 Å². The first-order valence-electron chi connectivity index (χ1n) is 6.38. The Balaban J connectivity index is 2.87. The second-order valence-corrected chi connectivity index (χ2v) is 11.8. The van der Waals surface area contributed by atoms with Crippen LogP contribution in [0.3, 0.4) is 0 Å². The number of hydrogen-bond donors (Lipinski definition) is 0. The predicted octanol–water partition coefficient (Wildman–Crippen LogP) is 4.64. The molecule has 0 heterocycles. The molecule has 0 aromatic heterocycles. The van der Waals surface area contributed by atoms with E-state index in [0.29, 0.717) is 0 Å². The zero-order valence-electron chi connectivity index (χ0n) is 10.5. The van der Waals surface area contributed by atoms with E-state index in [4.69, 9.17) is 0 Å². The van der Waals surface area contributed by atoms with Gasteiger partial charge in [-0.25, -0.2) is 0 Å². The van der Waals surface area contributed by atoms with E-state index in [-0.39, 0.29) is 0 Å². The summed E-state index contributed by atoms with van der Waals surface area (Å²) in [5, 5.41) is 3.05. The number of rotatable bonds is 13. The summed E-state index contributed by atoms with van der Waals surface area (Å²) in [5.74, 6) is 0. The standard InChI is InChI=1S/C14H26Se2/c1-3-5-7-9-11-13-15-16-14-12-10-8-6-4-2/h3-4H,1-2,5-14H2. The Kier molecular flexibility index (Phi) is 16.0. The molecule has 0 unspecified atom stereocenters. The minimum absolute atomic E-state index is 0.986. The van der Waals surface area contributed by atoms with Crippen LogP contribution in [-0.4, -0.2) is 26.3 Å². The molecule has 0 radical (unpaired) electrons. The van der Waals surface area contributed by atoms with Gasteiger partial charge in [-0.1, -0.05) is 0 Å². The molecule has 0 amide bonds. The molecule has 2 heteroatoms. The van der Waals surface area contributed by atoms with E-state index in [0.717, 1.165) is 26.3 Å². The molecule has 0 aliphatic rings. The molecule has 0 aliphatic heterocycles. The molecule has 0 aliphatic carbocycles. The number of allylic oxidation sites excluding steroid dienone is 2. The van der Waals surface area contributed by atoms with Crippen molar-refractivity contribution in [2.75, 3.05) is 0 Å². The van der Waals surface area contributed by atoms with Crippen LogP contribution in [0.5, 0.6) is 0 Å². The molecule has 0 nitrogen and oxygen atoms in total. The zero-order valence-corrected chi connectivity index (χ0v) is 13.9. The van der Waals surface area contributed by atoms with Crippen molar-refractivity contribution < 1.29 is 0 Å². The van der Waals surface area contributed by atoms with Gasteiger partial charge in [0.15, 0.2) is 0 Å². The van der Waals surface area contributed by atoms with E-state index in [1.807, 2.05) is 12.2 Å². The summed E-state index contributed by atoms with van der Waals surface area (Å²) in [6, 6.07) is 0. The number of unbranched alkanes of at least 4 members (excludes halogenated alkanes) is 6. The molecule has 0 fully saturated rings. The molecule has 0 atom stereocenters. The van der Waals surface area contributed by atoms with Crippen molar-refractivity contribution in [1.29, 1.82) is 0 Å². The fourth-order valence-corrected chi connectivity index (χ4v) is 8.36. The van der Waals surface area contributed by atoms with Crippen molar-refractivity contribution in [1.82, 2.24) is 0 Å². The first-order valence-corrected chi connectivity index (χ1v) is 13.1. The topological polar surface area (TPSA) is 0 Å². The third-order valence-corrected chi connectivity index (χ3v) is 10.1. The maximum absolute atomic E-state index is 3.75. The summed E-state index contributed by atoms with van der Waals surface area (Å²) >= 11 is 1.97. The maximum atomic E-state index is 3.75. The van der Waals surface area contributed by atoms with Crippen molar-refractivity contribution in [2.24, 2.45) is 0 Å². The second kappa shape index (κ2) is 15.5. The van der Waals surface area contributed by atoms with Crippen LogP contribution in [0.15, 0.2) is 25.3 Å². The summed E-state index contributed by atoms with van der Waals surface area (Å²) in [6.45, 7) is 7.50. The van der Waals surface area contributed by atoms with Crippen molar-refractivity contribution in [2.45, 2.75) is 62.0 Å². The van der Waals surface area contributed by atoms with E-state index < -0.39 is 0 Å². The summed E-state index contributed by atoms with van der Waals surface area (Å²) in [7, 11) is 0. The molecule has 0 rings (SSSR count). The van der Waals surface area contributed by atoms with Gasteiger partial charge >= 0.3 is 114 Å². The van der Waals surface area contributed by atoms with Crippen LogP contribution in [0.2, 0.25) is 10.6 Å². The van der Waals surface area contributed by atoms with E-state index in [1.165, 1.54) is 62.0 Å². The molecule has 0 aromatic rings. The number of hydrogen-bond acceptors (Lipinski definition) is 0. The van der Waals surface area contributed by atoms with Gasteiger partial charge in [-0.2, -0.15) is 0 Å². The average Bonchev–Trinajstić information content (AvgIpc) is 2.31. The van der Waals surface area contributed by atoms with Crippen LogP contribution in [0, 0.1) is 0 Å². The Hall–Kier alpha value is 0.519. The van der Waals surface area contributed by atoms with Crippen LogP contribution >= 0.6 is 0 Å². The van der Waals surface area contributed by atoms with Crippen LogP contribution in [0.1, 0.15) is 51.4 Å². The van der Waals surface area contributed by atoms with Crippen molar-refractivity contribution in [3.63, 3.8) is 0 Å². The van der Waals surface area contributed by atoms with Crippen LogP contribution in [0.25, 0.3) is 0 Å². The fraction of sp³-hybridized carbons (Fsp3) is 0.714. The molecular weight excluding hydrogens is 326 g/mol. The van der Waals surface area contributed by atoms with Gasteiger partial charge in [-0.15, -0.1) is 0 Å². The van der Waals surface area contributed by atoms with Gasteiger partial charge in [0, 0.05) is 0 Å². The molecule has 0 saturated carbocycles. The summed E-state index contributed by atoms with van der Waals surface area (Å²) in [4.78, 5) is 0. The normalized spacial score (nSPS) is 10.2. The van der Waals surface area contributed by atoms with Crippen molar-refractivity contribution in [3.05, 3.63) is 25.3 Å². The zero-order chi connectivity index (χ0) is 11.9. The van der Waals surface area contributed by atoms with Gasteiger partial charge in [-0.05, 0) is 0 Å². The SMILES string of the molecule is C=CCCCCC[Se][Se]CCCCCC=C. The van der Waals surface area contributed by atoms with Gasteiger partial charge in [0.2, 0.25) is 0 Å².